The third-order valence-electron chi connectivity index (χ3n) is 3.69. The lowest BCUT2D eigenvalue weighted by atomic mass is 10.2. The van der Waals surface area contributed by atoms with Crippen molar-refractivity contribution in [1.29, 1.82) is 0 Å². The van der Waals surface area contributed by atoms with Crippen LogP contribution in [0, 0.1) is 5.92 Å². The van der Waals surface area contributed by atoms with Crippen molar-refractivity contribution in [2.75, 3.05) is 26.2 Å². The molecule has 162 valence electrons. The number of carbonyl (C=O) groups excluding carboxylic acids is 3. The molecule has 0 bridgehead atoms. The Balaban J connectivity index is 0.000000960. The summed E-state index contributed by atoms with van der Waals surface area (Å²) in [4.78, 5) is 42.5. The Labute approximate surface area is 174 Å². The molecule has 2 rings (SSSR count). The molecule has 0 saturated carbocycles. The van der Waals surface area contributed by atoms with Crippen molar-refractivity contribution >= 4 is 35.0 Å². The van der Waals surface area contributed by atoms with E-state index in [0.29, 0.717) is 31.1 Å². The van der Waals surface area contributed by atoms with Gasteiger partial charge in [0.2, 0.25) is 5.91 Å². The van der Waals surface area contributed by atoms with E-state index in [2.05, 4.69) is 25.8 Å². The Morgan fingerprint density at radius 2 is 1.76 bits per heavy atom. The summed E-state index contributed by atoms with van der Waals surface area (Å²) in [6, 6.07) is 3.41. The fraction of sp³-hybridized carbons (Fsp3) is 0.556. The summed E-state index contributed by atoms with van der Waals surface area (Å²) >= 11 is 1.28. The molecule has 1 aliphatic rings. The standard InChI is InChI=1S/C14H19N5O5S.C4H10/c15-14(16-13(23)10-2-1-7-25-10)19-5-3-18(4-6-19)11(21)8-9(20)12(22)17-24;1-4(2)3/h1-2,7,9,20,24H,3-6,8H2,(H,17,22)(H2,15,16,23);4H,1-3H3. The maximum Gasteiger partial charge on any atom is 0.290 e. The van der Waals surface area contributed by atoms with Crippen LogP contribution in [-0.2, 0) is 9.59 Å². The highest BCUT2D eigenvalue weighted by Gasteiger charge is 2.26. The van der Waals surface area contributed by atoms with Crippen molar-refractivity contribution < 1.29 is 24.7 Å². The van der Waals surface area contributed by atoms with Crippen LogP contribution < -0.4 is 11.2 Å². The van der Waals surface area contributed by atoms with E-state index in [1.165, 1.54) is 21.7 Å². The van der Waals surface area contributed by atoms with Gasteiger partial charge in [-0.3, -0.25) is 19.6 Å². The second-order valence-corrected chi connectivity index (χ2v) is 8.00. The van der Waals surface area contributed by atoms with Gasteiger partial charge in [0.15, 0.2) is 5.96 Å². The first kappa shape index (κ1) is 24.5. The minimum Gasteiger partial charge on any atom is -0.383 e. The number of aliphatic imine (C=N–C) groups is 1. The fourth-order valence-corrected chi connectivity index (χ4v) is 2.88. The molecule has 0 spiro atoms. The SMILES string of the molecule is CC(C)C.NC(=NC(=O)c1cccs1)N1CCN(C(=O)CC(O)C(=O)NO)CC1. The molecule has 1 fully saturated rings. The number of nitrogens with two attached hydrogens (primary N) is 1. The average molecular weight is 428 g/mol. The molecular weight excluding hydrogens is 398 g/mol. The zero-order chi connectivity index (χ0) is 22.0. The van der Waals surface area contributed by atoms with E-state index in [0.717, 1.165) is 5.92 Å². The van der Waals surface area contributed by atoms with Crippen molar-refractivity contribution in [2.24, 2.45) is 16.6 Å². The van der Waals surface area contributed by atoms with Gasteiger partial charge in [-0.25, -0.2) is 5.48 Å². The van der Waals surface area contributed by atoms with Gasteiger partial charge in [-0.2, -0.15) is 4.99 Å². The third-order valence-corrected chi connectivity index (χ3v) is 4.54. The van der Waals surface area contributed by atoms with Gasteiger partial charge in [-0.15, -0.1) is 11.3 Å². The number of rotatable bonds is 4. The molecule has 5 N–H and O–H groups in total. The Hall–Kier alpha value is -2.50. The van der Waals surface area contributed by atoms with Crippen molar-refractivity contribution in [3.8, 4) is 0 Å². The second-order valence-electron chi connectivity index (χ2n) is 7.05. The van der Waals surface area contributed by atoms with E-state index in [-0.39, 0.29) is 5.96 Å². The number of carbonyl (C=O) groups is 3. The van der Waals surface area contributed by atoms with Gasteiger partial charge in [-0.1, -0.05) is 26.8 Å². The largest absolute Gasteiger partial charge is 0.383 e. The molecule has 1 aromatic rings. The predicted octanol–water partition coefficient (Wildman–Crippen LogP) is 0.266. The van der Waals surface area contributed by atoms with E-state index >= 15 is 0 Å². The third kappa shape index (κ3) is 8.59. The Morgan fingerprint density at radius 3 is 2.24 bits per heavy atom. The van der Waals surface area contributed by atoms with Gasteiger partial charge in [-0.05, 0) is 17.4 Å². The lowest BCUT2D eigenvalue weighted by Gasteiger charge is -2.35. The first-order chi connectivity index (χ1) is 13.6. The van der Waals surface area contributed by atoms with E-state index in [9.17, 15) is 19.5 Å². The molecule has 3 amide bonds. The second kappa shape index (κ2) is 12.1. The summed E-state index contributed by atoms with van der Waals surface area (Å²) in [7, 11) is 0. The van der Waals surface area contributed by atoms with Crippen LogP contribution in [0.5, 0.6) is 0 Å². The van der Waals surface area contributed by atoms with Crippen LogP contribution >= 0.6 is 11.3 Å². The number of nitrogens with zero attached hydrogens (tertiary/aromatic N) is 3. The highest BCUT2D eigenvalue weighted by molar-refractivity contribution is 7.12. The summed E-state index contributed by atoms with van der Waals surface area (Å²) in [6.45, 7) is 7.88. The summed E-state index contributed by atoms with van der Waals surface area (Å²) in [5.41, 5.74) is 7.14. The zero-order valence-electron chi connectivity index (χ0n) is 16.9. The molecule has 0 aliphatic carbocycles. The maximum absolute atomic E-state index is 12.0. The molecule has 1 saturated heterocycles. The molecule has 11 heteroatoms. The first-order valence-corrected chi connectivity index (χ1v) is 10.1. The summed E-state index contributed by atoms with van der Waals surface area (Å²) in [6.07, 6.45) is -2.03. The van der Waals surface area contributed by atoms with Crippen molar-refractivity contribution in [1.82, 2.24) is 15.3 Å². The zero-order valence-corrected chi connectivity index (χ0v) is 17.7. The summed E-state index contributed by atoms with van der Waals surface area (Å²) in [5.74, 6) is -0.939. The van der Waals surface area contributed by atoms with E-state index < -0.39 is 30.2 Å². The Morgan fingerprint density at radius 1 is 1.21 bits per heavy atom. The van der Waals surface area contributed by atoms with Gasteiger partial charge in [0.1, 0.15) is 6.10 Å². The number of amides is 3. The summed E-state index contributed by atoms with van der Waals surface area (Å²) in [5, 5.41) is 19.6. The topological polar surface area (TPSA) is 149 Å². The molecule has 29 heavy (non-hydrogen) atoms. The van der Waals surface area contributed by atoms with Gasteiger partial charge in [0.05, 0.1) is 11.3 Å². The van der Waals surface area contributed by atoms with E-state index in [4.69, 9.17) is 10.9 Å². The highest BCUT2D eigenvalue weighted by atomic mass is 32.1. The summed E-state index contributed by atoms with van der Waals surface area (Å²) < 4.78 is 0. The number of hydroxylamine groups is 1. The molecule has 1 unspecified atom stereocenters. The number of guanidine groups is 1. The van der Waals surface area contributed by atoms with Crippen LogP contribution in [-0.4, -0.2) is 76.1 Å². The van der Waals surface area contributed by atoms with Crippen LogP contribution in [0.4, 0.5) is 0 Å². The number of thiophene rings is 1. The minimum atomic E-state index is -1.61. The van der Waals surface area contributed by atoms with Gasteiger partial charge < -0.3 is 20.6 Å². The lowest BCUT2D eigenvalue weighted by molar-refractivity contribution is -0.144. The van der Waals surface area contributed by atoms with Crippen LogP contribution in [0.3, 0.4) is 0 Å². The number of nitrogens with one attached hydrogen (secondary N) is 1. The number of aliphatic hydroxyl groups is 1. The maximum atomic E-state index is 12.0. The first-order valence-electron chi connectivity index (χ1n) is 9.22. The molecule has 2 heterocycles. The highest BCUT2D eigenvalue weighted by Crippen LogP contribution is 2.11. The van der Waals surface area contributed by atoms with Gasteiger partial charge in [0, 0.05) is 26.2 Å². The molecule has 1 aliphatic heterocycles. The number of aliphatic hydroxyl groups excluding tert-OH is 1. The van der Waals surface area contributed by atoms with Crippen molar-refractivity contribution in [2.45, 2.75) is 33.3 Å². The number of piperazine rings is 1. The molecule has 0 radical (unpaired) electrons. The fourth-order valence-electron chi connectivity index (χ4n) is 2.28. The molecular formula is C18H29N5O5S. The number of hydrogen-bond donors (Lipinski definition) is 4. The van der Waals surface area contributed by atoms with Crippen LogP contribution in [0.25, 0.3) is 0 Å². The molecule has 10 nitrogen and oxygen atoms in total. The molecule has 0 aromatic carbocycles. The predicted molar refractivity (Wildman–Crippen MR) is 109 cm³/mol. The average Bonchev–Trinajstić information content (AvgIpc) is 3.21. The lowest BCUT2D eigenvalue weighted by Crippen LogP contribution is -2.53. The number of hydrogen-bond acceptors (Lipinski definition) is 6. The molecule has 1 aromatic heterocycles. The Kier molecular flexibility index (Phi) is 10.3. The van der Waals surface area contributed by atoms with Gasteiger partial charge in [0.25, 0.3) is 11.8 Å². The van der Waals surface area contributed by atoms with Crippen LogP contribution in [0.2, 0.25) is 0 Å². The van der Waals surface area contributed by atoms with E-state index in [1.54, 1.807) is 22.4 Å². The normalized spacial score (nSPS) is 15.4. The molecule has 1 atom stereocenters. The van der Waals surface area contributed by atoms with Crippen LogP contribution in [0.15, 0.2) is 22.5 Å². The minimum absolute atomic E-state index is 0.0881. The Bertz CT molecular complexity index is 697. The van der Waals surface area contributed by atoms with E-state index in [1.807, 2.05) is 0 Å². The van der Waals surface area contributed by atoms with Crippen molar-refractivity contribution in [3.63, 3.8) is 0 Å². The smallest absolute Gasteiger partial charge is 0.290 e. The monoisotopic (exact) mass is 427 g/mol. The van der Waals surface area contributed by atoms with Gasteiger partial charge >= 0.3 is 0 Å². The van der Waals surface area contributed by atoms with Crippen LogP contribution in [0.1, 0.15) is 36.9 Å². The van der Waals surface area contributed by atoms with Crippen molar-refractivity contribution in [3.05, 3.63) is 22.4 Å². The quantitative estimate of drug-likeness (QED) is 0.233.